The number of thioether (sulfide) groups is 1. The Balaban J connectivity index is 2.13. The minimum atomic E-state index is 0.688. The summed E-state index contributed by atoms with van der Waals surface area (Å²) in [5.74, 6) is 7.28. The van der Waals surface area contributed by atoms with Crippen LogP contribution in [0.25, 0.3) is 0 Å². The van der Waals surface area contributed by atoms with E-state index in [1.54, 1.807) is 7.11 Å². The van der Waals surface area contributed by atoms with Crippen molar-refractivity contribution >= 4 is 11.8 Å². The van der Waals surface area contributed by atoms with Crippen molar-refractivity contribution in [3.63, 3.8) is 0 Å². The molecule has 1 aromatic carbocycles. The average molecular weight is 250 g/mol. The zero-order valence-electron chi connectivity index (χ0n) is 9.75. The van der Waals surface area contributed by atoms with E-state index in [4.69, 9.17) is 10.6 Å². The van der Waals surface area contributed by atoms with Gasteiger partial charge in [0.15, 0.2) is 0 Å². The van der Waals surface area contributed by atoms with Crippen molar-refractivity contribution in [3.05, 3.63) is 35.7 Å². The third-order valence-electron chi connectivity index (χ3n) is 2.33. The molecule has 5 nitrogen and oxygen atoms in total. The lowest BCUT2D eigenvalue weighted by Crippen LogP contribution is -2.07. The van der Waals surface area contributed by atoms with Gasteiger partial charge in [0.05, 0.1) is 7.11 Å². The van der Waals surface area contributed by atoms with Crippen LogP contribution < -0.4 is 10.6 Å². The van der Waals surface area contributed by atoms with Crippen LogP contribution in [0, 0.1) is 6.92 Å². The van der Waals surface area contributed by atoms with Gasteiger partial charge in [-0.05, 0) is 13.0 Å². The van der Waals surface area contributed by atoms with E-state index in [0.29, 0.717) is 5.16 Å². The second kappa shape index (κ2) is 5.09. The summed E-state index contributed by atoms with van der Waals surface area (Å²) < 4.78 is 6.72. The van der Waals surface area contributed by atoms with Gasteiger partial charge in [-0.25, -0.2) is 4.68 Å². The fraction of sp³-hybridized carbons (Fsp3) is 0.273. The van der Waals surface area contributed by atoms with Crippen LogP contribution in [0.5, 0.6) is 5.75 Å². The number of rotatable bonds is 4. The molecule has 0 radical (unpaired) electrons. The highest BCUT2D eigenvalue weighted by atomic mass is 32.2. The molecule has 0 fully saturated rings. The minimum Gasteiger partial charge on any atom is -0.496 e. The van der Waals surface area contributed by atoms with Crippen molar-refractivity contribution in [2.75, 3.05) is 13.0 Å². The Bertz CT molecular complexity index is 512. The normalized spacial score (nSPS) is 10.5. The van der Waals surface area contributed by atoms with Gasteiger partial charge in [0, 0.05) is 11.3 Å². The second-order valence-electron chi connectivity index (χ2n) is 3.62. The molecule has 0 unspecified atom stereocenters. The standard InChI is InChI=1S/C11H14N4OS/c1-8-3-4-10(16-2)9(5-8)6-17-11-14-13-7-15(11)12/h3-5,7H,6,12H2,1-2H3. The van der Waals surface area contributed by atoms with E-state index < -0.39 is 0 Å². The summed E-state index contributed by atoms with van der Waals surface area (Å²) in [6.07, 6.45) is 1.48. The Morgan fingerprint density at radius 3 is 2.94 bits per heavy atom. The maximum Gasteiger partial charge on any atom is 0.209 e. The largest absolute Gasteiger partial charge is 0.496 e. The molecule has 0 saturated carbocycles. The number of nitrogens with two attached hydrogens (primary N) is 1. The molecule has 1 heterocycles. The molecule has 2 N–H and O–H groups in total. The second-order valence-corrected chi connectivity index (χ2v) is 4.57. The molecular formula is C11H14N4OS. The van der Waals surface area contributed by atoms with Crippen LogP contribution in [0.4, 0.5) is 0 Å². The maximum atomic E-state index is 5.64. The number of hydrogen-bond acceptors (Lipinski definition) is 5. The highest BCUT2D eigenvalue weighted by molar-refractivity contribution is 7.98. The Kier molecular flexibility index (Phi) is 3.53. The van der Waals surface area contributed by atoms with Crippen LogP contribution >= 0.6 is 11.8 Å². The van der Waals surface area contributed by atoms with Gasteiger partial charge in [-0.3, -0.25) is 0 Å². The monoisotopic (exact) mass is 250 g/mol. The van der Waals surface area contributed by atoms with Crippen LogP contribution in [0.1, 0.15) is 11.1 Å². The number of ether oxygens (including phenoxy) is 1. The first kappa shape index (κ1) is 11.8. The predicted molar refractivity (Wildman–Crippen MR) is 67.5 cm³/mol. The topological polar surface area (TPSA) is 66.0 Å². The lowest BCUT2D eigenvalue weighted by molar-refractivity contribution is 0.411. The molecule has 0 bridgehead atoms. The molecule has 1 aromatic heterocycles. The first-order chi connectivity index (χ1) is 8.20. The molecule has 0 saturated heterocycles. The molecule has 0 amide bonds. The number of nitrogens with zero attached hydrogens (tertiary/aromatic N) is 3. The van der Waals surface area contributed by atoms with E-state index in [9.17, 15) is 0 Å². The number of benzene rings is 1. The van der Waals surface area contributed by atoms with Crippen molar-refractivity contribution in [2.45, 2.75) is 17.8 Å². The van der Waals surface area contributed by atoms with Crippen molar-refractivity contribution in [1.29, 1.82) is 0 Å². The number of hydrogen-bond donors (Lipinski definition) is 1. The quantitative estimate of drug-likeness (QED) is 0.659. The minimum absolute atomic E-state index is 0.688. The van der Waals surface area contributed by atoms with Gasteiger partial charge in [0.1, 0.15) is 12.1 Å². The Morgan fingerprint density at radius 2 is 2.29 bits per heavy atom. The zero-order chi connectivity index (χ0) is 12.3. The van der Waals surface area contributed by atoms with Crippen molar-refractivity contribution < 1.29 is 4.74 Å². The van der Waals surface area contributed by atoms with E-state index in [1.165, 1.54) is 28.3 Å². The van der Waals surface area contributed by atoms with Gasteiger partial charge in [0.2, 0.25) is 5.16 Å². The number of aryl methyl sites for hydroxylation is 1. The third-order valence-corrected chi connectivity index (χ3v) is 3.34. The molecule has 0 aliphatic rings. The van der Waals surface area contributed by atoms with Gasteiger partial charge in [-0.2, -0.15) is 0 Å². The lowest BCUT2D eigenvalue weighted by atomic mass is 10.1. The molecule has 0 atom stereocenters. The zero-order valence-corrected chi connectivity index (χ0v) is 10.6. The smallest absolute Gasteiger partial charge is 0.209 e. The molecular weight excluding hydrogens is 236 g/mol. The van der Waals surface area contributed by atoms with Gasteiger partial charge in [0.25, 0.3) is 0 Å². The lowest BCUT2D eigenvalue weighted by Gasteiger charge is -2.08. The van der Waals surface area contributed by atoms with Crippen molar-refractivity contribution in [2.24, 2.45) is 0 Å². The van der Waals surface area contributed by atoms with Crippen LogP contribution in [0.2, 0.25) is 0 Å². The van der Waals surface area contributed by atoms with E-state index in [0.717, 1.165) is 17.1 Å². The van der Waals surface area contributed by atoms with Crippen LogP contribution in [-0.4, -0.2) is 22.0 Å². The summed E-state index contributed by atoms with van der Waals surface area (Å²) in [7, 11) is 1.67. The highest BCUT2D eigenvalue weighted by Gasteiger charge is 2.07. The fourth-order valence-electron chi connectivity index (χ4n) is 1.50. The van der Waals surface area contributed by atoms with Gasteiger partial charge in [-0.15, -0.1) is 10.2 Å². The van der Waals surface area contributed by atoms with E-state index in [1.807, 2.05) is 12.1 Å². The third kappa shape index (κ3) is 2.71. The van der Waals surface area contributed by atoms with Crippen molar-refractivity contribution in [1.82, 2.24) is 14.9 Å². The Morgan fingerprint density at radius 1 is 1.47 bits per heavy atom. The van der Waals surface area contributed by atoms with Crippen molar-refractivity contribution in [3.8, 4) is 5.75 Å². The van der Waals surface area contributed by atoms with E-state index in [-0.39, 0.29) is 0 Å². The SMILES string of the molecule is COc1ccc(C)cc1CSc1nncn1N. The molecule has 2 rings (SSSR count). The summed E-state index contributed by atoms with van der Waals surface area (Å²) in [4.78, 5) is 0. The highest BCUT2D eigenvalue weighted by Crippen LogP contribution is 2.27. The molecule has 0 spiro atoms. The van der Waals surface area contributed by atoms with E-state index in [2.05, 4.69) is 23.2 Å². The summed E-state index contributed by atoms with van der Waals surface area (Å²) in [5, 5.41) is 8.34. The fourth-order valence-corrected chi connectivity index (χ4v) is 2.31. The summed E-state index contributed by atoms with van der Waals surface area (Å²) in [5.41, 5.74) is 2.33. The Labute approximate surface area is 104 Å². The van der Waals surface area contributed by atoms with Crippen LogP contribution in [0.3, 0.4) is 0 Å². The first-order valence-corrected chi connectivity index (χ1v) is 6.10. The predicted octanol–water partition coefficient (Wildman–Crippen LogP) is 1.60. The number of nitrogen functional groups attached to an aromatic ring is 1. The average Bonchev–Trinajstić information content (AvgIpc) is 2.72. The molecule has 6 heteroatoms. The molecule has 2 aromatic rings. The maximum absolute atomic E-state index is 5.64. The van der Waals surface area contributed by atoms with E-state index >= 15 is 0 Å². The molecule has 0 aliphatic heterocycles. The summed E-state index contributed by atoms with van der Waals surface area (Å²) >= 11 is 1.53. The molecule has 17 heavy (non-hydrogen) atoms. The number of methoxy groups -OCH3 is 1. The Hall–Kier alpha value is -1.69. The van der Waals surface area contributed by atoms with Gasteiger partial charge in [-0.1, -0.05) is 29.5 Å². The van der Waals surface area contributed by atoms with Crippen LogP contribution in [0.15, 0.2) is 29.7 Å². The van der Waals surface area contributed by atoms with Gasteiger partial charge >= 0.3 is 0 Å². The summed E-state index contributed by atoms with van der Waals surface area (Å²) in [6, 6.07) is 6.10. The molecule has 0 aliphatic carbocycles. The molecule has 90 valence electrons. The number of aromatic nitrogens is 3. The summed E-state index contributed by atoms with van der Waals surface area (Å²) in [6.45, 7) is 2.05. The van der Waals surface area contributed by atoms with Crippen LogP contribution in [-0.2, 0) is 5.75 Å². The van der Waals surface area contributed by atoms with Gasteiger partial charge < -0.3 is 10.6 Å². The first-order valence-electron chi connectivity index (χ1n) is 5.12.